The highest BCUT2D eigenvalue weighted by Gasteiger charge is 2.17. The maximum absolute atomic E-state index is 13.7. The molecule has 0 aliphatic rings. The molecule has 1 aromatic carbocycles. The van der Waals surface area contributed by atoms with Gasteiger partial charge in [0.15, 0.2) is 0 Å². The SMILES string of the molecule is CCC(O)CNC(=O)c1sc2cccc(F)c2c1C. The number of aliphatic hydroxyl groups is 1. The van der Waals surface area contributed by atoms with Crippen LogP contribution in [-0.4, -0.2) is 23.7 Å². The van der Waals surface area contributed by atoms with Crippen LogP contribution >= 0.6 is 11.3 Å². The first kappa shape index (κ1) is 14.0. The number of carbonyl (C=O) groups is 1. The number of halogens is 1. The Hall–Kier alpha value is -1.46. The molecule has 0 radical (unpaired) electrons. The van der Waals surface area contributed by atoms with Gasteiger partial charge in [-0.2, -0.15) is 0 Å². The van der Waals surface area contributed by atoms with Gasteiger partial charge in [-0.05, 0) is 31.0 Å². The van der Waals surface area contributed by atoms with E-state index in [1.54, 1.807) is 19.1 Å². The average molecular weight is 281 g/mol. The summed E-state index contributed by atoms with van der Waals surface area (Å²) in [6.07, 6.45) is 0.0377. The van der Waals surface area contributed by atoms with Gasteiger partial charge in [-0.3, -0.25) is 4.79 Å². The Morgan fingerprint density at radius 2 is 2.26 bits per heavy atom. The lowest BCUT2D eigenvalue weighted by molar-refractivity contribution is 0.0917. The van der Waals surface area contributed by atoms with Crippen LogP contribution in [-0.2, 0) is 0 Å². The number of rotatable bonds is 4. The van der Waals surface area contributed by atoms with Crippen molar-refractivity contribution in [3.63, 3.8) is 0 Å². The summed E-state index contributed by atoms with van der Waals surface area (Å²) in [6, 6.07) is 4.83. The minimum atomic E-state index is -0.546. The molecule has 0 spiro atoms. The summed E-state index contributed by atoms with van der Waals surface area (Å²) in [5.74, 6) is -0.565. The third kappa shape index (κ3) is 2.77. The Kier molecular flexibility index (Phi) is 4.17. The number of aliphatic hydroxyl groups excluding tert-OH is 1. The lowest BCUT2D eigenvalue weighted by Crippen LogP contribution is -2.31. The second-order valence-electron chi connectivity index (χ2n) is 4.44. The highest BCUT2D eigenvalue weighted by Crippen LogP contribution is 2.32. The lowest BCUT2D eigenvalue weighted by Gasteiger charge is -2.08. The maximum atomic E-state index is 13.7. The lowest BCUT2D eigenvalue weighted by atomic mass is 10.1. The van der Waals surface area contributed by atoms with E-state index in [4.69, 9.17) is 0 Å². The molecule has 2 rings (SSSR count). The van der Waals surface area contributed by atoms with Crippen molar-refractivity contribution in [2.24, 2.45) is 0 Å². The standard InChI is InChI=1S/C14H16FNO2S/c1-3-9(17)7-16-14(18)13-8(2)12-10(15)5-4-6-11(12)19-13/h4-6,9,17H,3,7H2,1-2H3,(H,16,18). The maximum Gasteiger partial charge on any atom is 0.261 e. The van der Waals surface area contributed by atoms with E-state index in [0.29, 0.717) is 22.2 Å². The van der Waals surface area contributed by atoms with Gasteiger partial charge < -0.3 is 10.4 Å². The predicted octanol–water partition coefficient (Wildman–Crippen LogP) is 2.85. The fourth-order valence-electron chi connectivity index (χ4n) is 1.91. The predicted molar refractivity (Wildman–Crippen MR) is 75.2 cm³/mol. The van der Waals surface area contributed by atoms with E-state index >= 15 is 0 Å². The Bertz CT molecular complexity index is 609. The van der Waals surface area contributed by atoms with Gasteiger partial charge >= 0.3 is 0 Å². The molecule has 0 aliphatic heterocycles. The fraction of sp³-hybridized carbons (Fsp3) is 0.357. The van der Waals surface area contributed by atoms with E-state index in [1.165, 1.54) is 17.4 Å². The van der Waals surface area contributed by atoms with Gasteiger partial charge in [0.25, 0.3) is 5.91 Å². The van der Waals surface area contributed by atoms with Crippen LogP contribution in [0, 0.1) is 12.7 Å². The van der Waals surface area contributed by atoms with Crippen molar-refractivity contribution < 1.29 is 14.3 Å². The number of hydrogen-bond acceptors (Lipinski definition) is 3. The van der Waals surface area contributed by atoms with Crippen molar-refractivity contribution in [2.75, 3.05) is 6.54 Å². The molecule has 0 saturated heterocycles. The molecule has 0 saturated carbocycles. The molecule has 2 aromatic rings. The first-order valence-electron chi connectivity index (χ1n) is 6.18. The molecule has 1 aromatic heterocycles. The van der Waals surface area contributed by atoms with Gasteiger partial charge in [0.1, 0.15) is 5.82 Å². The van der Waals surface area contributed by atoms with Crippen LogP contribution in [0.1, 0.15) is 28.6 Å². The van der Waals surface area contributed by atoms with E-state index in [0.717, 1.165) is 4.70 Å². The minimum Gasteiger partial charge on any atom is -0.391 e. The quantitative estimate of drug-likeness (QED) is 0.905. The summed E-state index contributed by atoms with van der Waals surface area (Å²) >= 11 is 1.27. The smallest absolute Gasteiger partial charge is 0.261 e. The number of benzene rings is 1. The van der Waals surface area contributed by atoms with Crippen LogP contribution in [0.15, 0.2) is 18.2 Å². The molecule has 1 atom stereocenters. The molecule has 2 N–H and O–H groups in total. The van der Waals surface area contributed by atoms with E-state index in [9.17, 15) is 14.3 Å². The molecule has 1 unspecified atom stereocenters. The van der Waals surface area contributed by atoms with E-state index in [1.807, 2.05) is 6.92 Å². The van der Waals surface area contributed by atoms with Crippen molar-refractivity contribution in [2.45, 2.75) is 26.4 Å². The number of hydrogen-bond donors (Lipinski definition) is 2. The van der Waals surface area contributed by atoms with Crippen molar-refractivity contribution in [3.8, 4) is 0 Å². The third-order valence-corrected chi connectivity index (χ3v) is 4.33. The molecule has 3 nitrogen and oxygen atoms in total. The Morgan fingerprint density at radius 3 is 2.89 bits per heavy atom. The second-order valence-corrected chi connectivity index (χ2v) is 5.49. The molecule has 0 bridgehead atoms. The van der Waals surface area contributed by atoms with Crippen molar-refractivity contribution in [1.82, 2.24) is 5.32 Å². The van der Waals surface area contributed by atoms with Crippen molar-refractivity contribution >= 4 is 27.3 Å². The molecular formula is C14H16FNO2S. The van der Waals surface area contributed by atoms with Gasteiger partial charge in [0.2, 0.25) is 0 Å². The molecule has 5 heteroatoms. The van der Waals surface area contributed by atoms with Gasteiger partial charge in [0, 0.05) is 16.6 Å². The first-order valence-corrected chi connectivity index (χ1v) is 7.00. The van der Waals surface area contributed by atoms with Crippen LogP contribution in [0.5, 0.6) is 0 Å². The Balaban J connectivity index is 2.28. The highest BCUT2D eigenvalue weighted by molar-refractivity contribution is 7.21. The Morgan fingerprint density at radius 1 is 1.53 bits per heavy atom. The molecule has 19 heavy (non-hydrogen) atoms. The molecular weight excluding hydrogens is 265 g/mol. The van der Waals surface area contributed by atoms with Crippen LogP contribution in [0.2, 0.25) is 0 Å². The van der Waals surface area contributed by atoms with Gasteiger partial charge in [0.05, 0.1) is 11.0 Å². The van der Waals surface area contributed by atoms with E-state index in [2.05, 4.69) is 5.32 Å². The zero-order valence-corrected chi connectivity index (χ0v) is 11.7. The summed E-state index contributed by atoms with van der Waals surface area (Å²) < 4.78 is 14.5. The highest BCUT2D eigenvalue weighted by atomic mass is 32.1. The Labute approximate surface area is 115 Å². The zero-order chi connectivity index (χ0) is 14.0. The summed E-state index contributed by atoms with van der Waals surface area (Å²) in [7, 11) is 0. The topological polar surface area (TPSA) is 49.3 Å². The van der Waals surface area contributed by atoms with Crippen molar-refractivity contribution in [1.29, 1.82) is 0 Å². The van der Waals surface area contributed by atoms with Crippen molar-refractivity contribution in [3.05, 3.63) is 34.5 Å². The van der Waals surface area contributed by atoms with E-state index < -0.39 is 6.10 Å². The van der Waals surface area contributed by atoms with Crippen LogP contribution < -0.4 is 5.32 Å². The molecule has 102 valence electrons. The van der Waals surface area contributed by atoms with Crippen LogP contribution in [0.3, 0.4) is 0 Å². The third-order valence-electron chi connectivity index (χ3n) is 3.08. The number of carbonyl (C=O) groups excluding carboxylic acids is 1. The van der Waals surface area contributed by atoms with E-state index in [-0.39, 0.29) is 18.3 Å². The van der Waals surface area contributed by atoms with Gasteiger partial charge in [-0.15, -0.1) is 11.3 Å². The minimum absolute atomic E-state index is 0.214. The summed E-state index contributed by atoms with van der Waals surface area (Å²) in [5.41, 5.74) is 0.654. The number of amides is 1. The number of aryl methyl sites for hydroxylation is 1. The normalized spacial score (nSPS) is 12.6. The van der Waals surface area contributed by atoms with Gasteiger partial charge in [-0.1, -0.05) is 13.0 Å². The monoisotopic (exact) mass is 281 g/mol. The molecule has 1 heterocycles. The molecule has 0 fully saturated rings. The van der Waals surface area contributed by atoms with Crippen LogP contribution in [0.4, 0.5) is 4.39 Å². The average Bonchev–Trinajstić information content (AvgIpc) is 2.74. The summed E-state index contributed by atoms with van der Waals surface area (Å²) in [6.45, 7) is 3.80. The number of nitrogens with one attached hydrogen (secondary N) is 1. The van der Waals surface area contributed by atoms with Crippen LogP contribution in [0.25, 0.3) is 10.1 Å². The van der Waals surface area contributed by atoms with Gasteiger partial charge in [-0.25, -0.2) is 4.39 Å². The fourth-order valence-corrected chi connectivity index (χ4v) is 3.04. The summed E-state index contributed by atoms with van der Waals surface area (Å²) in [5, 5.41) is 12.6. The molecule has 1 amide bonds. The summed E-state index contributed by atoms with van der Waals surface area (Å²) in [4.78, 5) is 12.5. The second kappa shape index (κ2) is 5.67. The number of thiophene rings is 1. The zero-order valence-electron chi connectivity index (χ0n) is 10.9. The largest absolute Gasteiger partial charge is 0.391 e. The first-order chi connectivity index (χ1) is 9.04. The molecule has 0 aliphatic carbocycles. The number of fused-ring (bicyclic) bond motifs is 1.